The van der Waals surface area contributed by atoms with Gasteiger partial charge >= 0.3 is 12.1 Å². The summed E-state index contributed by atoms with van der Waals surface area (Å²) < 4.78 is 65.8. The zero-order chi connectivity index (χ0) is 33.6. The minimum absolute atomic E-state index is 0.0396. The number of nitriles is 1. The van der Waals surface area contributed by atoms with Crippen LogP contribution < -0.4 is 9.64 Å². The van der Waals surface area contributed by atoms with Gasteiger partial charge in [0, 0.05) is 49.2 Å². The molecule has 2 aromatic carbocycles. The normalized spacial score (nSPS) is 19.9. The lowest BCUT2D eigenvalue weighted by atomic mass is 10.0. The molecular formula is C32H30ClF4N7O3. The maximum Gasteiger partial charge on any atom is 0.407 e. The van der Waals surface area contributed by atoms with Crippen LogP contribution in [0.15, 0.2) is 36.5 Å². The van der Waals surface area contributed by atoms with Gasteiger partial charge in [0.15, 0.2) is 5.82 Å². The third-order valence-corrected chi connectivity index (χ3v) is 9.04. The number of nitrogens with zero attached hydrogens (tertiary/aromatic N) is 7. The number of hydrogen-bond acceptors (Lipinski definition) is 8. The number of ether oxygens (including phenoxy) is 1. The van der Waals surface area contributed by atoms with Crippen molar-refractivity contribution >= 4 is 45.2 Å². The standard InChI is InChI=1S/C32H30ClF4N7O3/c1-17(2)44-16-32(36,37)12-20(44)15-47-30-40-28-22(29(41-30)42-10-11-43(31(45)46)19(14-42)8-9-38)13-39-27(26(28)35)21-5-3-4-18-6-7-23(34)25(33)24(18)21/h3-7,13,17,19-20H,8,10-12,14-16H2,1-2H3,(H,45,46). The van der Waals surface area contributed by atoms with Gasteiger partial charge in [-0.25, -0.2) is 22.4 Å². The van der Waals surface area contributed by atoms with Crippen LogP contribution in [0.3, 0.4) is 0 Å². The van der Waals surface area contributed by atoms with Crippen molar-refractivity contribution < 1.29 is 32.2 Å². The molecule has 0 saturated carbocycles. The predicted molar refractivity (Wildman–Crippen MR) is 167 cm³/mol. The van der Waals surface area contributed by atoms with Gasteiger partial charge in [-0.05, 0) is 25.3 Å². The smallest absolute Gasteiger partial charge is 0.407 e. The van der Waals surface area contributed by atoms with Gasteiger partial charge < -0.3 is 19.6 Å². The van der Waals surface area contributed by atoms with Crippen LogP contribution in [0.4, 0.5) is 28.2 Å². The van der Waals surface area contributed by atoms with Crippen molar-refractivity contribution in [3.8, 4) is 23.3 Å². The summed E-state index contributed by atoms with van der Waals surface area (Å²) in [6.07, 6.45) is -0.336. The van der Waals surface area contributed by atoms with Crippen LogP contribution in [0.5, 0.6) is 6.01 Å². The van der Waals surface area contributed by atoms with E-state index in [4.69, 9.17) is 16.3 Å². The van der Waals surface area contributed by atoms with Crippen molar-refractivity contribution in [1.29, 1.82) is 5.26 Å². The second-order valence-corrected chi connectivity index (χ2v) is 12.4. The molecule has 0 radical (unpaired) electrons. The lowest BCUT2D eigenvalue weighted by molar-refractivity contribution is 0.00914. The summed E-state index contributed by atoms with van der Waals surface area (Å²) in [5.41, 5.74) is -0.140. The number of pyridine rings is 1. The highest BCUT2D eigenvalue weighted by Gasteiger charge is 2.46. The molecule has 6 rings (SSSR count). The Morgan fingerprint density at radius 1 is 1.19 bits per heavy atom. The SMILES string of the molecule is CC(C)N1CC(F)(F)CC1COc1nc(N2CCN(C(=O)O)C(CC#N)C2)c2cnc(-c3cccc4ccc(F)c(Cl)c34)c(F)c2n1. The molecule has 2 aliphatic rings. The molecule has 15 heteroatoms. The van der Waals surface area contributed by atoms with Crippen LogP contribution in [0, 0.1) is 23.0 Å². The lowest BCUT2D eigenvalue weighted by Gasteiger charge is -2.39. The topological polar surface area (TPSA) is 119 Å². The Hall–Kier alpha value is -4.48. The van der Waals surface area contributed by atoms with E-state index in [0.717, 1.165) is 0 Å². The van der Waals surface area contributed by atoms with Crippen LogP contribution in [0.25, 0.3) is 32.9 Å². The zero-order valence-corrected chi connectivity index (χ0v) is 26.2. The highest BCUT2D eigenvalue weighted by Crippen LogP contribution is 2.39. The van der Waals surface area contributed by atoms with E-state index < -0.39 is 48.7 Å². The summed E-state index contributed by atoms with van der Waals surface area (Å²) in [6, 6.07) is 7.85. The van der Waals surface area contributed by atoms with E-state index in [-0.39, 0.29) is 83.1 Å². The molecule has 2 saturated heterocycles. The molecular weight excluding hydrogens is 642 g/mol. The zero-order valence-electron chi connectivity index (χ0n) is 25.4. The van der Waals surface area contributed by atoms with Crippen molar-refractivity contribution in [2.75, 3.05) is 37.7 Å². The van der Waals surface area contributed by atoms with E-state index in [1.807, 2.05) is 19.9 Å². The summed E-state index contributed by atoms with van der Waals surface area (Å²) in [6.45, 7) is 3.25. The molecule has 10 nitrogen and oxygen atoms in total. The number of rotatable bonds is 7. The third kappa shape index (κ3) is 6.17. The average Bonchev–Trinajstić information content (AvgIpc) is 3.36. The number of carbonyl (C=O) groups is 1. The van der Waals surface area contributed by atoms with E-state index in [9.17, 15) is 28.3 Å². The van der Waals surface area contributed by atoms with Crippen LogP contribution in [-0.4, -0.2) is 92.8 Å². The fourth-order valence-corrected chi connectivity index (χ4v) is 6.73. The van der Waals surface area contributed by atoms with Gasteiger partial charge in [0.1, 0.15) is 29.5 Å². The van der Waals surface area contributed by atoms with Gasteiger partial charge in [-0.15, -0.1) is 0 Å². The first-order valence-corrected chi connectivity index (χ1v) is 15.4. The van der Waals surface area contributed by atoms with Crippen molar-refractivity contribution in [2.45, 2.75) is 50.7 Å². The van der Waals surface area contributed by atoms with Crippen molar-refractivity contribution in [3.05, 3.63) is 53.2 Å². The van der Waals surface area contributed by atoms with E-state index >= 15 is 4.39 Å². The van der Waals surface area contributed by atoms with E-state index in [0.29, 0.717) is 5.39 Å². The second kappa shape index (κ2) is 12.6. The number of carboxylic acid groups (broad SMARTS) is 1. The van der Waals surface area contributed by atoms with Crippen molar-refractivity contribution in [2.24, 2.45) is 0 Å². The molecule has 0 bridgehead atoms. The maximum absolute atomic E-state index is 16.6. The molecule has 246 valence electrons. The summed E-state index contributed by atoms with van der Waals surface area (Å²) in [5.74, 6) is -4.29. The number of hydrogen-bond donors (Lipinski definition) is 1. The van der Waals surface area contributed by atoms with E-state index in [1.54, 1.807) is 28.0 Å². The Kier molecular flexibility index (Phi) is 8.71. The molecule has 2 atom stereocenters. The van der Waals surface area contributed by atoms with Gasteiger partial charge in [-0.3, -0.25) is 9.88 Å². The Morgan fingerprint density at radius 3 is 2.70 bits per heavy atom. The fraction of sp³-hybridized carbons (Fsp3) is 0.406. The van der Waals surface area contributed by atoms with Gasteiger partial charge in [0.05, 0.1) is 41.5 Å². The maximum atomic E-state index is 16.6. The minimum Gasteiger partial charge on any atom is -0.465 e. The molecule has 2 aliphatic heterocycles. The number of benzene rings is 2. The van der Waals surface area contributed by atoms with Gasteiger partial charge in [0.25, 0.3) is 5.92 Å². The van der Waals surface area contributed by atoms with Crippen LogP contribution in [0.2, 0.25) is 5.02 Å². The summed E-state index contributed by atoms with van der Waals surface area (Å²) in [4.78, 5) is 29.6. The number of piperazine rings is 1. The minimum atomic E-state index is -2.90. The van der Waals surface area contributed by atoms with Crippen LogP contribution in [-0.2, 0) is 0 Å². The van der Waals surface area contributed by atoms with E-state index in [1.165, 1.54) is 23.2 Å². The first-order chi connectivity index (χ1) is 22.4. The lowest BCUT2D eigenvalue weighted by Crippen LogP contribution is -2.55. The number of amides is 1. The number of halogens is 5. The molecule has 0 aliphatic carbocycles. The summed E-state index contributed by atoms with van der Waals surface area (Å²) in [7, 11) is 0. The highest BCUT2D eigenvalue weighted by atomic mass is 35.5. The summed E-state index contributed by atoms with van der Waals surface area (Å²) in [5, 5.41) is 19.8. The average molecular weight is 672 g/mol. The molecule has 2 unspecified atom stereocenters. The molecule has 2 aromatic heterocycles. The Bertz CT molecular complexity index is 1910. The number of likely N-dealkylation sites (tertiary alicyclic amines) is 1. The molecule has 0 spiro atoms. The molecule has 1 amide bonds. The van der Waals surface area contributed by atoms with Crippen LogP contribution >= 0.6 is 11.6 Å². The predicted octanol–water partition coefficient (Wildman–Crippen LogP) is 6.36. The Balaban J connectivity index is 1.46. The van der Waals surface area contributed by atoms with Crippen molar-refractivity contribution in [1.82, 2.24) is 24.8 Å². The third-order valence-electron chi connectivity index (χ3n) is 8.67. The Labute approximate surface area is 272 Å². The first kappa shape index (κ1) is 32.5. The number of aromatic nitrogens is 3. The fourth-order valence-electron chi connectivity index (χ4n) is 6.45. The number of fused-ring (bicyclic) bond motifs is 2. The highest BCUT2D eigenvalue weighted by molar-refractivity contribution is 6.36. The summed E-state index contributed by atoms with van der Waals surface area (Å²) >= 11 is 6.33. The molecule has 4 aromatic rings. The molecule has 1 N–H and O–H groups in total. The van der Waals surface area contributed by atoms with Gasteiger partial charge in [-0.2, -0.15) is 15.2 Å². The molecule has 4 heterocycles. The van der Waals surface area contributed by atoms with Crippen LogP contribution in [0.1, 0.15) is 26.7 Å². The quantitative estimate of drug-likeness (QED) is 0.224. The van der Waals surface area contributed by atoms with Gasteiger partial charge in [0.2, 0.25) is 0 Å². The number of anilines is 1. The monoisotopic (exact) mass is 671 g/mol. The first-order valence-electron chi connectivity index (χ1n) is 15.0. The van der Waals surface area contributed by atoms with E-state index in [2.05, 4.69) is 15.0 Å². The molecule has 2 fully saturated rings. The van der Waals surface area contributed by atoms with Gasteiger partial charge in [-0.1, -0.05) is 35.9 Å². The largest absolute Gasteiger partial charge is 0.465 e. The number of alkyl halides is 2. The molecule has 47 heavy (non-hydrogen) atoms. The van der Waals surface area contributed by atoms with Crippen molar-refractivity contribution in [3.63, 3.8) is 0 Å². The second-order valence-electron chi connectivity index (χ2n) is 12.0. The Morgan fingerprint density at radius 2 is 1.98 bits per heavy atom.